The van der Waals surface area contributed by atoms with Gasteiger partial charge in [-0.3, -0.25) is 9.59 Å². The van der Waals surface area contributed by atoms with E-state index in [-0.39, 0.29) is 28.5 Å². The van der Waals surface area contributed by atoms with Crippen molar-refractivity contribution in [3.8, 4) is 11.5 Å². The van der Waals surface area contributed by atoms with E-state index in [2.05, 4.69) is 4.98 Å². The number of rotatable bonds is 5. The number of carbonyl (C=O) groups is 3. The molecule has 0 amide bonds. The van der Waals surface area contributed by atoms with E-state index in [0.29, 0.717) is 27.6 Å². The number of hydrogen-bond donors (Lipinski definition) is 3. The summed E-state index contributed by atoms with van der Waals surface area (Å²) < 4.78 is 5.24. The Morgan fingerprint density at radius 3 is 2.28 bits per heavy atom. The molecular weight excluding hydrogens is 374 g/mol. The largest absolute Gasteiger partial charge is 0.507 e. The maximum Gasteiger partial charge on any atom is 0.342 e. The van der Waals surface area contributed by atoms with E-state index in [1.54, 1.807) is 38.1 Å². The maximum absolute atomic E-state index is 12.8. The minimum Gasteiger partial charge on any atom is -0.507 e. The molecule has 29 heavy (non-hydrogen) atoms. The molecule has 0 fully saturated rings. The van der Waals surface area contributed by atoms with Gasteiger partial charge in [0.15, 0.2) is 11.9 Å². The molecule has 0 aliphatic rings. The van der Waals surface area contributed by atoms with Crippen LogP contribution in [0.4, 0.5) is 0 Å². The van der Waals surface area contributed by atoms with Crippen molar-refractivity contribution in [3.63, 3.8) is 0 Å². The molecule has 0 spiro atoms. The second-order valence-electron chi connectivity index (χ2n) is 6.93. The molecule has 0 unspecified atom stereocenters. The number of carbonyl (C=O) groups excluding carboxylic acids is 3. The number of hydrogen-bond acceptors (Lipinski definition) is 6. The molecular formula is C22H21NO6. The number of H-pyrrole nitrogens is 1. The molecule has 2 aromatic carbocycles. The van der Waals surface area contributed by atoms with Gasteiger partial charge in [0.2, 0.25) is 5.78 Å². The van der Waals surface area contributed by atoms with Crippen LogP contribution < -0.4 is 0 Å². The molecule has 3 rings (SSSR count). The molecule has 7 heteroatoms. The van der Waals surface area contributed by atoms with Gasteiger partial charge in [-0.25, -0.2) is 4.79 Å². The van der Waals surface area contributed by atoms with E-state index in [1.165, 1.54) is 13.8 Å². The fourth-order valence-electron chi connectivity index (χ4n) is 3.50. The van der Waals surface area contributed by atoms with Crippen molar-refractivity contribution in [1.29, 1.82) is 0 Å². The Morgan fingerprint density at radius 2 is 1.69 bits per heavy atom. The molecule has 0 saturated carbocycles. The Labute approximate surface area is 166 Å². The van der Waals surface area contributed by atoms with E-state index in [1.807, 2.05) is 0 Å². The number of benzene rings is 2. The molecule has 0 aliphatic carbocycles. The van der Waals surface area contributed by atoms with Crippen molar-refractivity contribution >= 4 is 28.3 Å². The van der Waals surface area contributed by atoms with Crippen LogP contribution in [0.3, 0.4) is 0 Å². The van der Waals surface area contributed by atoms with Crippen LogP contribution in [0.15, 0.2) is 30.3 Å². The number of aromatic amines is 1. The average Bonchev–Trinajstić information content (AvgIpc) is 2.98. The molecule has 150 valence electrons. The van der Waals surface area contributed by atoms with Gasteiger partial charge in [0.25, 0.3) is 0 Å². The highest BCUT2D eigenvalue weighted by molar-refractivity contribution is 6.07. The number of Topliss-reactive ketones (excluding diaryl/α,β-unsaturated/α-hetero) is 2. The molecule has 0 saturated heterocycles. The van der Waals surface area contributed by atoms with Crippen molar-refractivity contribution in [2.45, 2.75) is 33.8 Å². The van der Waals surface area contributed by atoms with Gasteiger partial charge in [0.1, 0.15) is 17.1 Å². The van der Waals surface area contributed by atoms with E-state index in [4.69, 9.17) is 4.74 Å². The smallest absolute Gasteiger partial charge is 0.342 e. The summed E-state index contributed by atoms with van der Waals surface area (Å²) in [6.45, 7) is 6.15. The van der Waals surface area contributed by atoms with E-state index in [9.17, 15) is 24.6 Å². The molecule has 0 aliphatic heterocycles. The predicted molar refractivity (Wildman–Crippen MR) is 107 cm³/mol. The summed E-state index contributed by atoms with van der Waals surface area (Å²) in [4.78, 5) is 40.0. The summed E-state index contributed by atoms with van der Waals surface area (Å²) in [7, 11) is 0. The quantitative estimate of drug-likeness (QED) is 0.343. The first-order valence-corrected chi connectivity index (χ1v) is 9.02. The molecule has 3 N–H and O–H groups in total. The zero-order chi connectivity index (χ0) is 21.5. The lowest BCUT2D eigenvalue weighted by molar-refractivity contribution is 0.0314. The number of nitrogens with one attached hydrogen (secondary N) is 1. The number of aryl methyl sites for hydroxylation is 1. The third kappa shape index (κ3) is 3.47. The molecule has 0 radical (unpaired) electrons. The number of fused-ring (bicyclic) bond motifs is 1. The first-order valence-electron chi connectivity index (χ1n) is 9.02. The number of phenols is 2. The van der Waals surface area contributed by atoms with Crippen LogP contribution in [0.1, 0.15) is 56.3 Å². The van der Waals surface area contributed by atoms with Gasteiger partial charge in [-0.05, 0) is 39.3 Å². The molecule has 1 heterocycles. The average molecular weight is 395 g/mol. The Bertz CT molecular complexity index is 1160. The fourth-order valence-corrected chi connectivity index (χ4v) is 3.50. The highest BCUT2D eigenvalue weighted by Crippen LogP contribution is 2.35. The Kier molecular flexibility index (Phi) is 5.16. The number of ketones is 2. The monoisotopic (exact) mass is 395 g/mol. The van der Waals surface area contributed by atoms with Gasteiger partial charge in [0, 0.05) is 22.0 Å². The van der Waals surface area contributed by atoms with Crippen LogP contribution in [0.25, 0.3) is 10.8 Å². The summed E-state index contributed by atoms with van der Waals surface area (Å²) in [6, 6.07) is 7.62. The zero-order valence-electron chi connectivity index (χ0n) is 16.5. The summed E-state index contributed by atoms with van der Waals surface area (Å²) in [5, 5.41) is 21.2. The third-order valence-electron chi connectivity index (χ3n) is 4.90. The minimum absolute atomic E-state index is 0.170. The topological polar surface area (TPSA) is 117 Å². The second-order valence-corrected chi connectivity index (χ2v) is 6.93. The minimum atomic E-state index is -1.17. The van der Waals surface area contributed by atoms with Crippen molar-refractivity contribution in [2.75, 3.05) is 0 Å². The Morgan fingerprint density at radius 1 is 1.07 bits per heavy atom. The summed E-state index contributed by atoms with van der Waals surface area (Å²) in [5.41, 5.74) is 1.44. The normalized spacial score (nSPS) is 12.0. The van der Waals surface area contributed by atoms with Gasteiger partial charge < -0.3 is 19.9 Å². The van der Waals surface area contributed by atoms with Crippen LogP contribution in [0, 0.1) is 13.8 Å². The van der Waals surface area contributed by atoms with Crippen molar-refractivity contribution in [2.24, 2.45) is 0 Å². The number of phenolic OH excluding ortho intramolecular Hbond substituents is 2. The standard InChI is InChI=1S/C22H21NO6/c1-10-18(12(3)24)11(2)23-19(10)20(26)13(4)29-22(28)16-9-17(25)14-7-5-6-8-15(14)21(16)27/h5-9,13,23,25,27H,1-4H3/t13-/m0/s1. The van der Waals surface area contributed by atoms with Crippen molar-refractivity contribution in [3.05, 3.63) is 58.4 Å². The summed E-state index contributed by atoms with van der Waals surface area (Å²) in [6.07, 6.45) is -1.17. The van der Waals surface area contributed by atoms with Gasteiger partial charge in [0.05, 0.1) is 5.69 Å². The zero-order valence-corrected chi connectivity index (χ0v) is 16.5. The van der Waals surface area contributed by atoms with Crippen LogP contribution in [-0.4, -0.2) is 38.8 Å². The lowest BCUT2D eigenvalue weighted by Gasteiger charge is -2.14. The molecule has 1 aromatic heterocycles. The molecule has 1 atom stereocenters. The predicted octanol–water partition coefficient (Wildman–Crippen LogP) is 3.83. The SMILES string of the molecule is CC(=O)c1c(C)[nH]c(C(=O)[C@H](C)OC(=O)c2cc(O)c3ccccc3c2O)c1C. The Hall–Kier alpha value is -3.61. The lowest BCUT2D eigenvalue weighted by atomic mass is 10.0. The first kappa shape index (κ1) is 20.1. The van der Waals surface area contributed by atoms with Crippen molar-refractivity contribution < 1.29 is 29.3 Å². The summed E-state index contributed by atoms with van der Waals surface area (Å²) >= 11 is 0. The molecule has 7 nitrogen and oxygen atoms in total. The van der Waals surface area contributed by atoms with E-state index in [0.717, 1.165) is 6.07 Å². The molecule has 0 bridgehead atoms. The van der Waals surface area contributed by atoms with Gasteiger partial charge in [-0.2, -0.15) is 0 Å². The van der Waals surface area contributed by atoms with Gasteiger partial charge in [-0.15, -0.1) is 0 Å². The van der Waals surface area contributed by atoms with Crippen LogP contribution in [-0.2, 0) is 4.74 Å². The number of aromatic hydroxyl groups is 2. The van der Waals surface area contributed by atoms with E-state index >= 15 is 0 Å². The number of ether oxygens (including phenoxy) is 1. The Balaban J connectivity index is 1.89. The fraction of sp³-hybridized carbons (Fsp3) is 0.227. The second kappa shape index (κ2) is 7.43. The van der Waals surface area contributed by atoms with Crippen molar-refractivity contribution in [1.82, 2.24) is 4.98 Å². The highest BCUT2D eigenvalue weighted by Gasteiger charge is 2.27. The number of esters is 1. The summed E-state index contributed by atoms with van der Waals surface area (Å²) in [5.74, 6) is -2.15. The van der Waals surface area contributed by atoms with Crippen LogP contribution >= 0.6 is 0 Å². The van der Waals surface area contributed by atoms with E-state index < -0.39 is 17.9 Å². The number of aromatic nitrogens is 1. The third-order valence-corrected chi connectivity index (χ3v) is 4.90. The van der Waals surface area contributed by atoms with Gasteiger partial charge >= 0.3 is 5.97 Å². The lowest BCUT2D eigenvalue weighted by Crippen LogP contribution is -2.25. The van der Waals surface area contributed by atoms with Gasteiger partial charge in [-0.1, -0.05) is 24.3 Å². The molecule has 3 aromatic rings. The van der Waals surface area contributed by atoms with Crippen LogP contribution in [0.5, 0.6) is 11.5 Å². The highest BCUT2D eigenvalue weighted by atomic mass is 16.5. The first-order chi connectivity index (χ1) is 13.6. The maximum atomic E-state index is 12.8. The van der Waals surface area contributed by atoms with Crippen LogP contribution in [0.2, 0.25) is 0 Å².